The van der Waals surface area contributed by atoms with Crippen molar-refractivity contribution in [2.24, 2.45) is 0 Å². The fraction of sp³-hybridized carbons (Fsp3) is 0.250. The zero-order valence-corrected chi connectivity index (χ0v) is 9.23. The molecule has 0 aliphatic carbocycles. The van der Waals surface area contributed by atoms with E-state index in [0.29, 0.717) is 5.58 Å². The highest BCUT2D eigenvalue weighted by Gasteiger charge is 2.14. The molecule has 0 atom stereocenters. The summed E-state index contributed by atoms with van der Waals surface area (Å²) in [5, 5.41) is 9.87. The van der Waals surface area contributed by atoms with E-state index in [4.69, 9.17) is 9.52 Å². The Morgan fingerprint density at radius 2 is 2.19 bits per heavy atom. The number of furan rings is 1. The lowest BCUT2D eigenvalue weighted by atomic mass is 10.1. The standard InChI is InChI=1S/C12H13NO3/c1-13(2)6-8-7-16-11-9(8)4-3-5-10(11)12(14)15/h3-5,7H,6H2,1-2H3,(H,14,15). The SMILES string of the molecule is CN(C)Cc1coc2c(C(=O)O)cccc12. The van der Waals surface area contributed by atoms with Crippen LogP contribution in [0.4, 0.5) is 0 Å². The van der Waals surface area contributed by atoms with Crippen LogP contribution >= 0.6 is 0 Å². The molecule has 0 spiro atoms. The van der Waals surface area contributed by atoms with Gasteiger partial charge in [-0.25, -0.2) is 4.79 Å². The van der Waals surface area contributed by atoms with Gasteiger partial charge in [0.2, 0.25) is 0 Å². The Balaban J connectivity index is 2.57. The lowest BCUT2D eigenvalue weighted by molar-refractivity contribution is 0.0698. The first-order chi connectivity index (χ1) is 7.59. The predicted octanol–water partition coefficient (Wildman–Crippen LogP) is 2.19. The van der Waals surface area contributed by atoms with Crippen LogP contribution in [0.15, 0.2) is 28.9 Å². The van der Waals surface area contributed by atoms with E-state index in [0.717, 1.165) is 17.5 Å². The second-order valence-electron chi connectivity index (χ2n) is 3.99. The van der Waals surface area contributed by atoms with Crippen LogP contribution in [0.25, 0.3) is 11.0 Å². The van der Waals surface area contributed by atoms with Crippen molar-refractivity contribution in [2.75, 3.05) is 14.1 Å². The zero-order chi connectivity index (χ0) is 11.7. The molecule has 16 heavy (non-hydrogen) atoms. The summed E-state index contributed by atoms with van der Waals surface area (Å²) in [5.74, 6) is -0.962. The molecule has 0 bridgehead atoms. The number of carboxylic acids is 1. The highest BCUT2D eigenvalue weighted by atomic mass is 16.4. The molecule has 0 saturated heterocycles. The molecule has 2 rings (SSSR count). The lowest BCUT2D eigenvalue weighted by Gasteiger charge is -2.07. The van der Waals surface area contributed by atoms with Crippen molar-refractivity contribution in [3.05, 3.63) is 35.6 Å². The van der Waals surface area contributed by atoms with Crippen molar-refractivity contribution in [1.82, 2.24) is 4.90 Å². The van der Waals surface area contributed by atoms with Gasteiger partial charge in [-0.15, -0.1) is 0 Å². The smallest absolute Gasteiger partial charge is 0.339 e. The van der Waals surface area contributed by atoms with Gasteiger partial charge in [0.15, 0.2) is 0 Å². The van der Waals surface area contributed by atoms with Crippen LogP contribution in [-0.4, -0.2) is 30.1 Å². The van der Waals surface area contributed by atoms with Gasteiger partial charge in [0.25, 0.3) is 0 Å². The van der Waals surface area contributed by atoms with E-state index in [9.17, 15) is 4.79 Å². The first-order valence-electron chi connectivity index (χ1n) is 4.96. The minimum atomic E-state index is -0.962. The Bertz CT molecular complexity index is 528. The first kappa shape index (κ1) is 10.7. The van der Waals surface area contributed by atoms with E-state index in [2.05, 4.69) is 0 Å². The van der Waals surface area contributed by atoms with Crippen LogP contribution in [0.3, 0.4) is 0 Å². The maximum absolute atomic E-state index is 11.0. The van der Waals surface area contributed by atoms with Gasteiger partial charge < -0.3 is 14.4 Å². The number of fused-ring (bicyclic) bond motifs is 1. The second-order valence-corrected chi connectivity index (χ2v) is 3.99. The fourth-order valence-corrected chi connectivity index (χ4v) is 1.74. The molecule has 1 heterocycles. The molecular formula is C12H13NO3. The molecule has 0 amide bonds. The van der Waals surface area contributed by atoms with E-state index in [1.807, 2.05) is 25.1 Å². The fourth-order valence-electron chi connectivity index (χ4n) is 1.74. The number of hydrogen-bond donors (Lipinski definition) is 1. The highest BCUT2D eigenvalue weighted by molar-refractivity contribution is 6.01. The zero-order valence-electron chi connectivity index (χ0n) is 9.23. The average molecular weight is 219 g/mol. The molecule has 2 aromatic rings. The Morgan fingerprint density at radius 3 is 2.81 bits per heavy atom. The molecule has 1 aromatic carbocycles. The third-order valence-corrected chi connectivity index (χ3v) is 2.40. The van der Waals surface area contributed by atoms with Gasteiger partial charge in [0.1, 0.15) is 11.1 Å². The molecule has 0 radical (unpaired) electrons. The normalized spacial score (nSPS) is 11.2. The molecule has 0 fully saturated rings. The van der Waals surface area contributed by atoms with Crippen molar-refractivity contribution in [1.29, 1.82) is 0 Å². The van der Waals surface area contributed by atoms with Gasteiger partial charge in [-0.05, 0) is 20.2 Å². The molecule has 4 nitrogen and oxygen atoms in total. The van der Waals surface area contributed by atoms with Crippen molar-refractivity contribution >= 4 is 16.9 Å². The summed E-state index contributed by atoms with van der Waals surface area (Å²) in [5.41, 5.74) is 1.66. The average Bonchev–Trinajstić information content (AvgIpc) is 2.60. The number of nitrogens with zero attached hydrogens (tertiary/aromatic N) is 1. The Kier molecular flexibility index (Phi) is 2.66. The van der Waals surface area contributed by atoms with E-state index in [-0.39, 0.29) is 5.56 Å². The number of benzene rings is 1. The van der Waals surface area contributed by atoms with Crippen LogP contribution < -0.4 is 0 Å². The number of hydrogen-bond acceptors (Lipinski definition) is 3. The number of rotatable bonds is 3. The van der Waals surface area contributed by atoms with E-state index in [1.54, 1.807) is 18.4 Å². The van der Waals surface area contributed by atoms with Crippen molar-refractivity contribution in [2.45, 2.75) is 6.54 Å². The summed E-state index contributed by atoms with van der Waals surface area (Å²) in [4.78, 5) is 13.0. The van der Waals surface area contributed by atoms with Gasteiger partial charge in [-0.1, -0.05) is 12.1 Å². The molecule has 0 unspecified atom stereocenters. The Morgan fingerprint density at radius 1 is 1.44 bits per heavy atom. The van der Waals surface area contributed by atoms with Crippen LogP contribution in [0.5, 0.6) is 0 Å². The summed E-state index contributed by atoms with van der Waals surface area (Å²) >= 11 is 0. The third kappa shape index (κ3) is 1.79. The van der Waals surface area contributed by atoms with Crippen molar-refractivity contribution < 1.29 is 14.3 Å². The molecule has 1 aromatic heterocycles. The van der Waals surface area contributed by atoms with Crippen molar-refractivity contribution in [3.63, 3.8) is 0 Å². The lowest BCUT2D eigenvalue weighted by Crippen LogP contribution is -2.10. The van der Waals surface area contributed by atoms with Crippen LogP contribution in [0.1, 0.15) is 15.9 Å². The minimum absolute atomic E-state index is 0.211. The van der Waals surface area contributed by atoms with Crippen LogP contribution in [0.2, 0.25) is 0 Å². The molecule has 0 aliphatic heterocycles. The number of carboxylic acid groups (broad SMARTS) is 1. The van der Waals surface area contributed by atoms with Gasteiger partial charge >= 0.3 is 5.97 Å². The summed E-state index contributed by atoms with van der Waals surface area (Å²) in [7, 11) is 3.92. The van der Waals surface area contributed by atoms with E-state index >= 15 is 0 Å². The van der Waals surface area contributed by atoms with Gasteiger partial charge in [0.05, 0.1) is 6.26 Å². The number of para-hydroxylation sites is 1. The summed E-state index contributed by atoms with van der Waals surface area (Å²) < 4.78 is 5.33. The molecule has 84 valence electrons. The van der Waals surface area contributed by atoms with Gasteiger partial charge in [-0.2, -0.15) is 0 Å². The molecule has 0 saturated carbocycles. The maximum atomic E-state index is 11.0. The number of carbonyl (C=O) groups is 1. The largest absolute Gasteiger partial charge is 0.478 e. The molecule has 4 heteroatoms. The van der Waals surface area contributed by atoms with Gasteiger partial charge in [-0.3, -0.25) is 0 Å². The Hall–Kier alpha value is -1.81. The number of aromatic carboxylic acids is 1. The Labute approximate surface area is 93.1 Å². The molecular weight excluding hydrogens is 206 g/mol. The highest BCUT2D eigenvalue weighted by Crippen LogP contribution is 2.25. The maximum Gasteiger partial charge on any atom is 0.339 e. The summed E-state index contributed by atoms with van der Waals surface area (Å²) in [6, 6.07) is 5.16. The van der Waals surface area contributed by atoms with E-state index in [1.165, 1.54) is 0 Å². The van der Waals surface area contributed by atoms with E-state index < -0.39 is 5.97 Å². The summed E-state index contributed by atoms with van der Waals surface area (Å²) in [6.07, 6.45) is 1.62. The molecule has 0 aliphatic rings. The topological polar surface area (TPSA) is 53.7 Å². The molecule has 1 N–H and O–H groups in total. The quantitative estimate of drug-likeness (QED) is 0.859. The van der Waals surface area contributed by atoms with Crippen LogP contribution in [-0.2, 0) is 6.54 Å². The predicted molar refractivity (Wildman–Crippen MR) is 60.6 cm³/mol. The first-order valence-corrected chi connectivity index (χ1v) is 4.96. The second kappa shape index (κ2) is 3.98. The minimum Gasteiger partial charge on any atom is -0.478 e. The monoisotopic (exact) mass is 219 g/mol. The van der Waals surface area contributed by atoms with Gasteiger partial charge in [0, 0.05) is 17.5 Å². The third-order valence-electron chi connectivity index (χ3n) is 2.40. The summed E-state index contributed by atoms with van der Waals surface area (Å²) in [6.45, 7) is 0.732. The van der Waals surface area contributed by atoms with Crippen molar-refractivity contribution in [3.8, 4) is 0 Å². The van der Waals surface area contributed by atoms with Crippen LogP contribution in [0, 0.1) is 0 Å².